The van der Waals surface area contributed by atoms with Crippen LogP contribution in [0.2, 0.25) is 0 Å². The van der Waals surface area contributed by atoms with Gasteiger partial charge >= 0.3 is 0 Å². The van der Waals surface area contributed by atoms with Gasteiger partial charge in [0.25, 0.3) is 0 Å². The van der Waals surface area contributed by atoms with Crippen molar-refractivity contribution in [1.82, 2.24) is 4.90 Å². The van der Waals surface area contributed by atoms with E-state index < -0.39 is 0 Å². The van der Waals surface area contributed by atoms with Crippen LogP contribution >= 0.6 is 0 Å². The molecule has 17 heavy (non-hydrogen) atoms. The lowest BCUT2D eigenvalue weighted by Crippen LogP contribution is -2.32. The van der Waals surface area contributed by atoms with E-state index in [1.54, 1.807) is 7.11 Å². The predicted octanol–water partition coefficient (Wildman–Crippen LogP) is 2.75. The highest BCUT2D eigenvalue weighted by Crippen LogP contribution is 2.23. The zero-order chi connectivity index (χ0) is 13.0. The standard InChI is InChI=1S/C14H24N2O/c1-10(2)11(3)16(4)9-12-6-7-14(17-5)13(15)8-12/h6-8,10-11H,9,15H2,1-5H3. The van der Waals surface area contributed by atoms with Crippen molar-refractivity contribution >= 4 is 5.69 Å². The summed E-state index contributed by atoms with van der Waals surface area (Å²) in [5.41, 5.74) is 7.82. The fraction of sp³-hybridized carbons (Fsp3) is 0.571. The molecule has 96 valence electrons. The first-order valence-corrected chi connectivity index (χ1v) is 6.08. The molecular weight excluding hydrogens is 212 g/mol. The van der Waals surface area contributed by atoms with Crippen LogP contribution in [-0.2, 0) is 6.54 Å². The molecule has 0 saturated heterocycles. The molecule has 0 radical (unpaired) electrons. The Hall–Kier alpha value is -1.22. The van der Waals surface area contributed by atoms with Gasteiger partial charge in [-0.25, -0.2) is 0 Å². The highest BCUT2D eigenvalue weighted by atomic mass is 16.5. The van der Waals surface area contributed by atoms with E-state index in [1.165, 1.54) is 5.56 Å². The minimum atomic E-state index is 0.554. The number of nitrogen functional groups attached to an aromatic ring is 1. The minimum absolute atomic E-state index is 0.554. The van der Waals surface area contributed by atoms with E-state index in [0.29, 0.717) is 17.6 Å². The Balaban J connectivity index is 2.72. The number of benzene rings is 1. The first kappa shape index (κ1) is 13.8. The zero-order valence-corrected chi connectivity index (χ0v) is 11.5. The largest absolute Gasteiger partial charge is 0.495 e. The predicted molar refractivity (Wildman–Crippen MR) is 73.2 cm³/mol. The summed E-state index contributed by atoms with van der Waals surface area (Å²) in [7, 11) is 3.78. The second-order valence-electron chi connectivity index (χ2n) is 4.98. The van der Waals surface area contributed by atoms with Crippen LogP contribution in [-0.4, -0.2) is 25.1 Å². The molecule has 0 aliphatic carbocycles. The molecule has 1 atom stereocenters. The molecule has 0 aliphatic heterocycles. The lowest BCUT2D eigenvalue weighted by molar-refractivity contribution is 0.200. The highest BCUT2D eigenvalue weighted by molar-refractivity contribution is 5.54. The molecule has 3 nitrogen and oxygen atoms in total. The van der Waals surface area contributed by atoms with Crippen LogP contribution in [0.3, 0.4) is 0 Å². The van der Waals surface area contributed by atoms with Crippen molar-refractivity contribution in [3.8, 4) is 5.75 Å². The molecule has 0 aromatic heterocycles. The average Bonchev–Trinajstić information content (AvgIpc) is 2.28. The van der Waals surface area contributed by atoms with Crippen LogP contribution in [0.25, 0.3) is 0 Å². The third-order valence-corrected chi connectivity index (χ3v) is 3.39. The van der Waals surface area contributed by atoms with Crippen molar-refractivity contribution in [2.24, 2.45) is 5.92 Å². The maximum absolute atomic E-state index is 5.90. The highest BCUT2D eigenvalue weighted by Gasteiger charge is 2.13. The summed E-state index contributed by atoms with van der Waals surface area (Å²) < 4.78 is 5.15. The molecule has 0 amide bonds. The molecule has 1 unspecified atom stereocenters. The molecule has 0 aliphatic rings. The third-order valence-electron chi connectivity index (χ3n) is 3.39. The minimum Gasteiger partial charge on any atom is -0.495 e. The normalized spacial score (nSPS) is 13.1. The number of rotatable bonds is 5. The maximum atomic E-state index is 5.90. The quantitative estimate of drug-likeness (QED) is 0.799. The van der Waals surface area contributed by atoms with E-state index in [0.717, 1.165) is 12.3 Å². The van der Waals surface area contributed by atoms with Crippen LogP contribution in [0.1, 0.15) is 26.3 Å². The van der Waals surface area contributed by atoms with Crippen molar-refractivity contribution in [3.63, 3.8) is 0 Å². The van der Waals surface area contributed by atoms with Gasteiger partial charge < -0.3 is 10.5 Å². The topological polar surface area (TPSA) is 38.5 Å². The summed E-state index contributed by atoms with van der Waals surface area (Å²) in [4.78, 5) is 2.34. The van der Waals surface area contributed by atoms with Crippen molar-refractivity contribution in [3.05, 3.63) is 23.8 Å². The summed E-state index contributed by atoms with van der Waals surface area (Å²) in [6, 6.07) is 6.54. The Morgan fingerprint density at radius 3 is 2.41 bits per heavy atom. The van der Waals surface area contributed by atoms with Gasteiger partial charge in [0.1, 0.15) is 5.75 Å². The molecular formula is C14H24N2O. The first-order valence-electron chi connectivity index (χ1n) is 6.08. The summed E-state index contributed by atoms with van der Waals surface area (Å²) >= 11 is 0. The summed E-state index contributed by atoms with van der Waals surface area (Å²) in [5, 5.41) is 0. The van der Waals surface area contributed by atoms with E-state index in [1.807, 2.05) is 12.1 Å². The number of methoxy groups -OCH3 is 1. The number of anilines is 1. The number of ether oxygens (including phenoxy) is 1. The summed E-state index contributed by atoms with van der Waals surface area (Å²) in [6.07, 6.45) is 0. The molecule has 1 aromatic rings. The van der Waals surface area contributed by atoms with Gasteiger partial charge in [-0.2, -0.15) is 0 Å². The number of nitrogens with zero attached hydrogens (tertiary/aromatic N) is 1. The van der Waals surface area contributed by atoms with E-state index >= 15 is 0 Å². The summed E-state index contributed by atoms with van der Waals surface area (Å²) in [6.45, 7) is 7.64. The van der Waals surface area contributed by atoms with Crippen molar-refractivity contribution in [2.45, 2.75) is 33.4 Å². The Morgan fingerprint density at radius 2 is 1.94 bits per heavy atom. The Kier molecular flexibility index (Phi) is 4.82. The molecule has 3 heteroatoms. The second kappa shape index (κ2) is 5.92. The van der Waals surface area contributed by atoms with Crippen LogP contribution in [0, 0.1) is 5.92 Å². The number of hydrogen-bond donors (Lipinski definition) is 1. The lowest BCUT2D eigenvalue weighted by atomic mass is 10.0. The van der Waals surface area contributed by atoms with Crippen molar-refractivity contribution in [1.29, 1.82) is 0 Å². The van der Waals surface area contributed by atoms with Gasteiger partial charge in [0, 0.05) is 12.6 Å². The van der Waals surface area contributed by atoms with Crippen LogP contribution < -0.4 is 10.5 Å². The second-order valence-corrected chi connectivity index (χ2v) is 4.98. The molecule has 2 N–H and O–H groups in total. The molecule has 0 spiro atoms. The van der Waals surface area contributed by atoms with E-state index in [2.05, 4.69) is 38.8 Å². The molecule has 0 heterocycles. The monoisotopic (exact) mass is 236 g/mol. The number of nitrogens with two attached hydrogens (primary N) is 1. The Bertz CT molecular complexity index is 363. The van der Waals surface area contributed by atoms with Crippen molar-refractivity contribution in [2.75, 3.05) is 19.9 Å². The number of hydrogen-bond acceptors (Lipinski definition) is 3. The lowest BCUT2D eigenvalue weighted by Gasteiger charge is -2.28. The van der Waals surface area contributed by atoms with Crippen molar-refractivity contribution < 1.29 is 4.74 Å². The van der Waals surface area contributed by atoms with Gasteiger partial charge in [0.05, 0.1) is 12.8 Å². The van der Waals surface area contributed by atoms with Gasteiger partial charge in [-0.3, -0.25) is 4.90 Å². The SMILES string of the molecule is COc1ccc(CN(C)C(C)C(C)C)cc1N. The van der Waals surface area contributed by atoms with E-state index in [9.17, 15) is 0 Å². The smallest absolute Gasteiger partial charge is 0.141 e. The molecule has 0 bridgehead atoms. The van der Waals surface area contributed by atoms with Crippen LogP contribution in [0.5, 0.6) is 5.75 Å². The maximum Gasteiger partial charge on any atom is 0.141 e. The first-order chi connectivity index (χ1) is 7.95. The van der Waals surface area contributed by atoms with Crippen LogP contribution in [0.4, 0.5) is 5.69 Å². The van der Waals surface area contributed by atoms with Gasteiger partial charge in [-0.05, 0) is 37.6 Å². The third kappa shape index (κ3) is 3.63. The Morgan fingerprint density at radius 1 is 1.29 bits per heavy atom. The summed E-state index contributed by atoms with van der Waals surface area (Å²) in [5.74, 6) is 1.39. The molecule has 1 rings (SSSR count). The molecule has 0 saturated carbocycles. The van der Waals surface area contributed by atoms with Gasteiger partial charge in [0.15, 0.2) is 0 Å². The van der Waals surface area contributed by atoms with E-state index in [4.69, 9.17) is 10.5 Å². The van der Waals surface area contributed by atoms with Gasteiger partial charge in [0.2, 0.25) is 0 Å². The Labute approximate surface area is 105 Å². The van der Waals surface area contributed by atoms with E-state index in [-0.39, 0.29) is 0 Å². The van der Waals surface area contributed by atoms with Gasteiger partial charge in [-0.1, -0.05) is 19.9 Å². The fourth-order valence-corrected chi connectivity index (χ4v) is 1.82. The van der Waals surface area contributed by atoms with Gasteiger partial charge in [-0.15, -0.1) is 0 Å². The van der Waals surface area contributed by atoms with Crippen LogP contribution in [0.15, 0.2) is 18.2 Å². The molecule has 0 fully saturated rings. The zero-order valence-electron chi connectivity index (χ0n) is 11.5. The molecule has 1 aromatic carbocycles. The average molecular weight is 236 g/mol. The fourth-order valence-electron chi connectivity index (χ4n) is 1.82.